The number of amides is 1. The van der Waals surface area contributed by atoms with E-state index in [0.717, 1.165) is 30.6 Å². The monoisotopic (exact) mass is 362 g/mol. The molecule has 0 aromatic carbocycles. The maximum atomic E-state index is 13.3. The fourth-order valence-electron chi connectivity index (χ4n) is 3.87. The zero-order chi connectivity index (χ0) is 18.9. The summed E-state index contributed by atoms with van der Waals surface area (Å²) in [5.41, 5.74) is 2.26. The smallest absolute Gasteiger partial charge is 0.251 e. The Bertz CT molecular complexity index is 734. The first kappa shape index (κ1) is 18.6. The normalized spacial score (nSPS) is 22.8. The van der Waals surface area contributed by atoms with Crippen LogP contribution >= 0.6 is 0 Å². The number of anilines is 1. The van der Waals surface area contributed by atoms with Crippen LogP contribution in [0.25, 0.3) is 0 Å². The molecular weight excluding hydrogens is 338 g/mol. The number of hydrogen-bond acceptors (Lipinski definition) is 4. The molecule has 1 aromatic rings. The lowest BCUT2D eigenvalue weighted by Gasteiger charge is -2.38. The summed E-state index contributed by atoms with van der Waals surface area (Å²) >= 11 is 0. The van der Waals surface area contributed by atoms with Crippen LogP contribution in [0.15, 0.2) is 6.07 Å². The molecule has 1 aromatic heterocycles. The van der Waals surface area contributed by atoms with Crippen LogP contribution in [-0.2, 0) is 4.79 Å². The van der Waals surface area contributed by atoms with Gasteiger partial charge in [0.25, 0.3) is 5.92 Å². The number of likely N-dealkylation sites (tertiary alicyclic amines) is 1. The van der Waals surface area contributed by atoms with E-state index in [1.165, 1.54) is 0 Å². The first-order valence-corrected chi connectivity index (χ1v) is 9.10. The zero-order valence-electron chi connectivity index (χ0n) is 15.3. The van der Waals surface area contributed by atoms with E-state index in [4.69, 9.17) is 0 Å². The van der Waals surface area contributed by atoms with Crippen LogP contribution in [-0.4, -0.2) is 47.9 Å². The minimum Gasteiger partial charge on any atom is -0.355 e. The van der Waals surface area contributed by atoms with E-state index in [1.54, 1.807) is 4.90 Å². The third kappa shape index (κ3) is 3.79. The number of aromatic nitrogens is 1. The Labute approximate surface area is 152 Å². The topological polar surface area (TPSA) is 60.2 Å². The van der Waals surface area contributed by atoms with Gasteiger partial charge >= 0.3 is 0 Å². The molecule has 26 heavy (non-hydrogen) atoms. The average molecular weight is 362 g/mol. The highest BCUT2D eigenvalue weighted by Crippen LogP contribution is 2.31. The quantitative estimate of drug-likeness (QED) is 0.811. The van der Waals surface area contributed by atoms with Crippen LogP contribution in [0, 0.1) is 31.1 Å². The molecule has 3 heterocycles. The Balaban J connectivity index is 1.74. The number of halogens is 2. The molecule has 7 heteroatoms. The number of alkyl halides is 2. The lowest BCUT2D eigenvalue weighted by atomic mass is 9.94. The van der Waals surface area contributed by atoms with Crippen molar-refractivity contribution >= 4 is 11.7 Å². The van der Waals surface area contributed by atoms with E-state index < -0.39 is 5.92 Å². The number of rotatable bonds is 2. The van der Waals surface area contributed by atoms with Crippen LogP contribution in [0.3, 0.4) is 0 Å². The van der Waals surface area contributed by atoms with Gasteiger partial charge in [-0.15, -0.1) is 0 Å². The van der Waals surface area contributed by atoms with Gasteiger partial charge in [-0.3, -0.25) is 4.79 Å². The van der Waals surface area contributed by atoms with Gasteiger partial charge in [0.2, 0.25) is 5.91 Å². The fraction of sp³-hybridized carbons (Fsp3) is 0.632. The van der Waals surface area contributed by atoms with Crippen molar-refractivity contribution in [2.75, 3.05) is 31.1 Å². The lowest BCUT2D eigenvalue weighted by Crippen LogP contribution is -2.49. The van der Waals surface area contributed by atoms with Crippen LogP contribution in [0.4, 0.5) is 14.6 Å². The standard InChI is InChI=1S/C19H24F2N4O/c1-13-10-14(2)23-17(16(13)11-22)25-7-3-4-15(12-25)18(26)24-8-5-19(20,21)6-9-24/h10,15H,3-9,12H2,1-2H3. The highest BCUT2D eigenvalue weighted by Gasteiger charge is 2.38. The molecule has 0 spiro atoms. The third-order valence-corrected chi connectivity index (χ3v) is 5.31. The number of carbonyl (C=O) groups excluding carboxylic acids is 1. The highest BCUT2D eigenvalue weighted by atomic mass is 19.3. The minimum atomic E-state index is -2.65. The summed E-state index contributed by atoms with van der Waals surface area (Å²) in [5.74, 6) is -2.30. The largest absolute Gasteiger partial charge is 0.355 e. The third-order valence-electron chi connectivity index (χ3n) is 5.31. The molecule has 2 aliphatic heterocycles. The number of hydrogen-bond donors (Lipinski definition) is 0. The van der Waals surface area contributed by atoms with Crippen molar-refractivity contribution in [2.24, 2.45) is 5.92 Å². The average Bonchev–Trinajstić information content (AvgIpc) is 2.60. The van der Waals surface area contributed by atoms with Gasteiger partial charge in [-0.1, -0.05) is 0 Å². The minimum absolute atomic E-state index is 0.0481. The molecule has 0 N–H and O–H groups in total. The van der Waals surface area contributed by atoms with Crippen molar-refractivity contribution in [1.29, 1.82) is 5.26 Å². The van der Waals surface area contributed by atoms with Gasteiger partial charge in [-0.05, 0) is 38.3 Å². The molecule has 2 aliphatic rings. The molecule has 2 saturated heterocycles. The predicted octanol–water partition coefficient (Wildman–Crippen LogP) is 3.04. The van der Waals surface area contributed by atoms with Crippen molar-refractivity contribution in [2.45, 2.75) is 45.5 Å². The second-order valence-corrected chi connectivity index (χ2v) is 7.36. The molecule has 5 nitrogen and oxygen atoms in total. The number of aryl methyl sites for hydroxylation is 2. The number of nitrogens with zero attached hydrogens (tertiary/aromatic N) is 4. The van der Waals surface area contributed by atoms with Crippen LogP contribution in [0.2, 0.25) is 0 Å². The summed E-state index contributed by atoms with van der Waals surface area (Å²) in [4.78, 5) is 20.9. The predicted molar refractivity (Wildman–Crippen MR) is 94.1 cm³/mol. The summed E-state index contributed by atoms with van der Waals surface area (Å²) < 4.78 is 26.7. The van der Waals surface area contributed by atoms with Crippen molar-refractivity contribution in [1.82, 2.24) is 9.88 Å². The van der Waals surface area contributed by atoms with Gasteiger partial charge in [0.15, 0.2) is 0 Å². The van der Waals surface area contributed by atoms with E-state index in [-0.39, 0.29) is 37.8 Å². The molecule has 0 aliphatic carbocycles. The Morgan fingerprint density at radius 2 is 2.00 bits per heavy atom. The summed E-state index contributed by atoms with van der Waals surface area (Å²) in [6, 6.07) is 4.10. The van der Waals surface area contributed by atoms with E-state index in [1.807, 2.05) is 24.8 Å². The summed E-state index contributed by atoms with van der Waals surface area (Å²) in [6.45, 7) is 5.24. The van der Waals surface area contributed by atoms with Crippen LogP contribution in [0.1, 0.15) is 42.5 Å². The molecule has 0 saturated carbocycles. The Morgan fingerprint density at radius 3 is 2.65 bits per heavy atom. The van der Waals surface area contributed by atoms with Gasteiger partial charge in [0, 0.05) is 44.7 Å². The van der Waals surface area contributed by atoms with Gasteiger partial charge in [-0.25, -0.2) is 13.8 Å². The number of piperidine rings is 2. The number of nitriles is 1. The second-order valence-electron chi connectivity index (χ2n) is 7.36. The molecule has 1 unspecified atom stereocenters. The van der Waals surface area contributed by atoms with Gasteiger partial charge in [0.1, 0.15) is 11.9 Å². The first-order valence-electron chi connectivity index (χ1n) is 9.10. The summed E-state index contributed by atoms with van der Waals surface area (Å²) in [5, 5.41) is 9.49. The van der Waals surface area contributed by atoms with E-state index in [2.05, 4.69) is 11.1 Å². The second kappa shape index (κ2) is 7.18. The van der Waals surface area contributed by atoms with Crippen LogP contribution in [0.5, 0.6) is 0 Å². The van der Waals surface area contributed by atoms with Crippen molar-refractivity contribution in [3.8, 4) is 6.07 Å². The number of carbonyl (C=O) groups is 1. The highest BCUT2D eigenvalue weighted by molar-refractivity contribution is 5.80. The summed E-state index contributed by atoms with van der Waals surface area (Å²) in [6.07, 6.45) is 1.05. The molecule has 140 valence electrons. The zero-order valence-corrected chi connectivity index (χ0v) is 15.3. The van der Waals surface area contributed by atoms with Crippen LogP contribution < -0.4 is 4.90 Å². The number of pyridine rings is 1. The van der Waals surface area contributed by atoms with E-state index >= 15 is 0 Å². The van der Waals surface area contributed by atoms with E-state index in [0.29, 0.717) is 17.9 Å². The van der Waals surface area contributed by atoms with Gasteiger partial charge < -0.3 is 9.80 Å². The molecular formula is C19H24F2N4O. The lowest BCUT2D eigenvalue weighted by molar-refractivity contribution is -0.141. The molecule has 0 bridgehead atoms. The SMILES string of the molecule is Cc1cc(C)c(C#N)c(N2CCCC(C(=O)N3CCC(F)(F)CC3)C2)n1. The Hall–Kier alpha value is -2.23. The van der Waals surface area contributed by atoms with Crippen molar-refractivity contribution in [3.63, 3.8) is 0 Å². The summed E-state index contributed by atoms with van der Waals surface area (Å²) in [7, 11) is 0. The Morgan fingerprint density at radius 1 is 1.31 bits per heavy atom. The van der Waals surface area contributed by atoms with Crippen molar-refractivity contribution < 1.29 is 13.6 Å². The Kier molecular flexibility index (Phi) is 5.12. The molecule has 0 radical (unpaired) electrons. The van der Waals surface area contributed by atoms with Crippen molar-refractivity contribution in [3.05, 3.63) is 22.9 Å². The molecule has 1 amide bonds. The molecule has 1 atom stereocenters. The fourth-order valence-corrected chi connectivity index (χ4v) is 3.87. The molecule has 2 fully saturated rings. The first-order chi connectivity index (χ1) is 12.3. The molecule has 3 rings (SSSR count). The maximum absolute atomic E-state index is 13.3. The van der Waals surface area contributed by atoms with Gasteiger partial charge in [-0.2, -0.15) is 5.26 Å². The van der Waals surface area contributed by atoms with E-state index in [9.17, 15) is 18.8 Å². The maximum Gasteiger partial charge on any atom is 0.251 e. The van der Waals surface area contributed by atoms with Gasteiger partial charge in [0.05, 0.1) is 11.5 Å².